The molecule has 5 nitrogen and oxygen atoms in total. The molecule has 7 heteroatoms. The first-order chi connectivity index (χ1) is 6.89. The number of anilines is 1. The molecule has 0 aromatic heterocycles. The average Bonchev–Trinajstić information content (AvgIpc) is 2.41. The number of amides is 1. The van der Waals surface area contributed by atoms with Crippen LogP contribution < -0.4 is 34.9 Å². The number of carbonyl (C=O) groups is 1. The van der Waals surface area contributed by atoms with Gasteiger partial charge in [-0.3, -0.25) is 4.79 Å². The van der Waals surface area contributed by atoms with Crippen LogP contribution in [-0.2, 0) is 14.9 Å². The molecule has 0 radical (unpaired) electrons. The zero-order chi connectivity index (χ0) is 11.2. The molecule has 1 aliphatic heterocycles. The predicted octanol–water partition coefficient (Wildman–Crippen LogP) is -2.35. The second kappa shape index (κ2) is 4.46. The van der Waals surface area contributed by atoms with Crippen LogP contribution in [0.15, 0.2) is 23.1 Å². The minimum absolute atomic E-state index is 0. The van der Waals surface area contributed by atoms with Crippen molar-refractivity contribution in [1.29, 1.82) is 0 Å². The molecule has 0 saturated heterocycles. The fourth-order valence-electron chi connectivity index (χ4n) is 1.55. The van der Waals surface area contributed by atoms with Crippen LogP contribution in [0.4, 0.5) is 5.69 Å². The summed E-state index contributed by atoms with van der Waals surface area (Å²) in [6, 6.07) is 3.88. The summed E-state index contributed by atoms with van der Waals surface area (Å²) < 4.78 is 32.3. The third-order valence-corrected chi connectivity index (χ3v) is 3.26. The molecule has 0 saturated carbocycles. The zero-order valence-corrected chi connectivity index (χ0v) is 11.7. The summed E-state index contributed by atoms with van der Waals surface area (Å²) in [5.41, 5.74) is 1.12. The fraction of sp³-hybridized carbons (Fsp3) is 0.222. The molecule has 0 bridgehead atoms. The van der Waals surface area contributed by atoms with Crippen LogP contribution >= 0.6 is 0 Å². The van der Waals surface area contributed by atoms with Crippen molar-refractivity contribution in [2.75, 3.05) is 5.32 Å². The number of nitrogens with one attached hydrogen (secondary N) is 1. The number of fused-ring (bicyclic) bond motifs is 1. The van der Waals surface area contributed by atoms with E-state index in [2.05, 4.69) is 5.32 Å². The largest absolute Gasteiger partial charge is 1.00 e. The summed E-state index contributed by atoms with van der Waals surface area (Å²) in [6.07, 6.45) is 0. The van der Waals surface area contributed by atoms with Crippen molar-refractivity contribution in [2.45, 2.75) is 17.7 Å². The summed E-state index contributed by atoms with van der Waals surface area (Å²) in [4.78, 5) is 11.0. The van der Waals surface area contributed by atoms with Crippen LogP contribution in [0.3, 0.4) is 0 Å². The number of benzene rings is 1. The fourth-order valence-corrected chi connectivity index (χ4v) is 2.06. The summed E-state index contributed by atoms with van der Waals surface area (Å²) >= 11 is 0. The summed E-state index contributed by atoms with van der Waals surface area (Å²) in [5, 5.41) is 2.59. The summed E-state index contributed by atoms with van der Waals surface area (Å²) in [7, 11) is -4.45. The van der Waals surface area contributed by atoms with E-state index in [0.717, 1.165) is 0 Å². The van der Waals surface area contributed by atoms with Gasteiger partial charge in [0.05, 0.1) is 10.8 Å². The van der Waals surface area contributed by atoms with Crippen LogP contribution in [0.25, 0.3) is 0 Å². The Labute approximate surface area is 115 Å². The molecule has 1 atom stereocenters. The molecule has 80 valence electrons. The molecule has 1 aromatic rings. The van der Waals surface area contributed by atoms with Crippen LogP contribution in [-0.4, -0.2) is 18.9 Å². The molecule has 1 unspecified atom stereocenters. The van der Waals surface area contributed by atoms with Gasteiger partial charge in [0, 0.05) is 5.69 Å². The molecule has 0 aliphatic carbocycles. The first-order valence-electron chi connectivity index (χ1n) is 4.30. The van der Waals surface area contributed by atoms with Crippen LogP contribution in [0, 0.1) is 0 Å². The van der Waals surface area contributed by atoms with Gasteiger partial charge in [-0.15, -0.1) is 0 Å². The summed E-state index contributed by atoms with van der Waals surface area (Å²) in [6.45, 7) is 1.66. The molecule has 2 rings (SSSR count). The third kappa shape index (κ3) is 2.31. The number of hydrogen-bond acceptors (Lipinski definition) is 4. The van der Waals surface area contributed by atoms with Gasteiger partial charge in [0.15, 0.2) is 0 Å². The topological polar surface area (TPSA) is 86.3 Å². The van der Waals surface area contributed by atoms with Gasteiger partial charge in [-0.05, 0) is 30.7 Å². The maximum absolute atomic E-state index is 11.3. The van der Waals surface area contributed by atoms with E-state index in [-0.39, 0.29) is 40.4 Å². The molecule has 1 N–H and O–H groups in total. The second-order valence-corrected chi connectivity index (χ2v) is 4.79. The average molecular weight is 249 g/mol. The smallest absolute Gasteiger partial charge is 0.744 e. The van der Waals surface area contributed by atoms with E-state index >= 15 is 0 Å². The van der Waals surface area contributed by atoms with Crippen molar-refractivity contribution in [3.63, 3.8) is 0 Å². The molecule has 0 spiro atoms. The summed E-state index contributed by atoms with van der Waals surface area (Å²) in [5.74, 6) is -0.604. The Kier molecular flexibility index (Phi) is 3.81. The van der Waals surface area contributed by atoms with E-state index in [1.165, 1.54) is 18.2 Å². The molecule has 16 heavy (non-hydrogen) atoms. The molecule has 1 aliphatic rings. The normalized spacial score (nSPS) is 18.6. The van der Waals surface area contributed by atoms with E-state index in [4.69, 9.17) is 0 Å². The van der Waals surface area contributed by atoms with E-state index < -0.39 is 16.0 Å². The van der Waals surface area contributed by atoms with Gasteiger partial charge in [-0.1, -0.05) is 0 Å². The van der Waals surface area contributed by atoms with Crippen molar-refractivity contribution < 1.29 is 47.3 Å². The Morgan fingerprint density at radius 1 is 1.38 bits per heavy atom. The standard InChI is InChI=1S/C9H9NO4S.Na/c1-5-7-4-6(15(12,13)14)2-3-8(7)10-9(5)11;/h2-5H,1H3,(H,10,11)(H,12,13,14);/q;+1/p-1. The van der Waals surface area contributed by atoms with Crippen LogP contribution in [0.2, 0.25) is 0 Å². The maximum atomic E-state index is 11.3. The Hall–Kier alpha value is -0.400. The molecule has 1 aromatic carbocycles. The Balaban J connectivity index is 0.00000128. The van der Waals surface area contributed by atoms with Gasteiger partial charge >= 0.3 is 29.6 Å². The van der Waals surface area contributed by atoms with Gasteiger partial charge in [0.2, 0.25) is 5.91 Å². The zero-order valence-electron chi connectivity index (χ0n) is 8.85. The van der Waals surface area contributed by atoms with E-state index in [0.29, 0.717) is 11.3 Å². The Morgan fingerprint density at radius 2 is 2.00 bits per heavy atom. The van der Waals surface area contributed by atoms with Crippen molar-refractivity contribution in [3.05, 3.63) is 23.8 Å². The van der Waals surface area contributed by atoms with Gasteiger partial charge in [-0.2, -0.15) is 0 Å². The van der Waals surface area contributed by atoms with Gasteiger partial charge < -0.3 is 9.87 Å². The van der Waals surface area contributed by atoms with Crippen LogP contribution in [0.1, 0.15) is 18.4 Å². The molecule has 1 amide bonds. The molecule has 1 heterocycles. The van der Waals surface area contributed by atoms with E-state index in [9.17, 15) is 17.8 Å². The Morgan fingerprint density at radius 3 is 2.56 bits per heavy atom. The monoisotopic (exact) mass is 249 g/mol. The van der Waals surface area contributed by atoms with Gasteiger partial charge in [0.25, 0.3) is 0 Å². The van der Waals surface area contributed by atoms with Gasteiger partial charge in [0.1, 0.15) is 10.1 Å². The third-order valence-electron chi connectivity index (χ3n) is 2.43. The Bertz CT molecular complexity index is 540. The first kappa shape index (κ1) is 13.7. The van der Waals surface area contributed by atoms with Crippen LogP contribution in [0.5, 0.6) is 0 Å². The molecule has 0 fully saturated rings. The van der Waals surface area contributed by atoms with E-state index in [1.54, 1.807) is 6.92 Å². The van der Waals surface area contributed by atoms with Gasteiger partial charge in [-0.25, -0.2) is 8.42 Å². The minimum Gasteiger partial charge on any atom is -0.744 e. The maximum Gasteiger partial charge on any atom is 1.00 e. The van der Waals surface area contributed by atoms with Crippen molar-refractivity contribution in [3.8, 4) is 0 Å². The second-order valence-electron chi connectivity index (χ2n) is 3.41. The van der Waals surface area contributed by atoms with Crippen molar-refractivity contribution in [1.82, 2.24) is 0 Å². The van der Waals surface area contributed by atoms with E-state index in [1.807, 2.05) is 0 Å². The molecular weight excluding hydrogens is 241 g/mol. The minimum atomic E-state index is -4.45. The number of rotatable bonds is 1. The SMILES string of the molecule is CC1C(=O)Nc2ccc(S(=O)(=O)[O-])cc21.[Na+]. The number of hydrogen-bond donors (Lipinski definition) is 1. The predicted molar refractivity (Wildman–Crippen MR) is 51.4 cm³/mol. The molecular formula is C9H8NNaO4S. The van der Waals surface area contributed by atoms with Crippen molar-refractivity contribution in [2.24, 2.45) is 0 Å². The quantitative estimate of drug-likeness (QED) is 0.446. The number of carbonyl (C=O) groups excluding carboxylic acids is 1. The van der Waals surface area contributed by atoms with Crippen molar-refractivity contribution >= 4 is 21.7 Å². The first-order valence-corrected chi connectivity index (χ1v) is 5.71.